The Balaban J connectivity index is 1.11. The van der Waals surface area contributed by atoms with Crippen LogP contribution in [0.5, 0.6) is 0 Å². The highest BCUT2D eigenvalue weighted by Crippen LogP contribution is 2.42. The molecule has 8 aromatic rings. The van der Waals surface area contributed by atoms with Crippen LogP contribution in [0.4, 0.5) is 0 Å². The Hall–Kier alpha value is -5.92. The Morgan fingerprint density at radius 1 is 0.471 bits per heavy atom. The second-order valence-electron chi connectivity index (χ2n) is 13.6. The Morgan fingerprint density at radius 3 is 1.61 bits per heavy atom. The van der Waals surface area contributed by atoms with E-state index in [0.717, 1.165) is 5.69 Å². The number of nitrogens with one attached hydrogen (secondary N) is 3. The van der Waals surface area contributed by atoms with Crippen molar-refractivity contribution >= 4 is 43.6 Å². The highest BCUT2D eigenvalue weighted by molar-refractivity contribution is 6.23. The van der Waals surface area contributed by atoms with Crippen molar-refractivity contribution in [3.05, 3.63) is 187 Å². The maximum absolute atomic E-state index is 3.85. The van der Waals surface area contributed by atoms with E-state index < -0.39 is 0 Å². The molecule has 10 rings (SSSR count). The van der Waals surface area contributed by atoms with E-state index in [-0.39, 0.29) is 24.7 Å². The first-order valence-electron chi connectivity index (χ1n) is 17.7. The van der Waals surface area contributed by atoms with Crippen LogP contribution in [0.3, 0.4) is 0 Å². The summed E-state index contributed by atoms with van der Waals surface area (Å²) in [4.78, 5) is 2.36. The zero-order valence-corrected chi connectivity index (χ0v) is 28.3. The van der Waals surface area contributed by atoms with Crippen LogP contribution in [0.2, 0.25) is 0 Å². The fraction of sp³-hybridized carbons (Fsp3) is 0.111. The predicted octanol–water partition coefficient (Wildman–Crippen LogP) is 9.28. The number of likely N-dealkylation sites (N-methyl/N-ethyl adjacent to an activating group) is 1. The van der Waals surface area contributed by atoms with Crippen LogP contribution in [0.25, 0.3) is 49.3 Å². The SMILES string of the molecule is CN1C=C(C2NC(c3ccccc3)NC(c3ccccc3)N2)C=CC1n1c2ccccc2c2ccc3c4ccccc4n(-c4ccccc4)c3c21. The van der Waals surface area contributed by atoms with Crippen molar-refractivity contribution in [3.8, 4) is 5.69 Å². The maximum atomic E-state index is 3.85. The monoisotopic (exact) mass is 662 g/mol. The fourth-order valence-electron chi connectivity index (χ4n) is 8.29. The Morgan fingerprint density at radius 2 is 0.980 bits per heavy atom. The molecule has 0 spiro atoms. The first kappa shape index (κ1) is 29.9. The molecular weight excluding hydrogens is 625 g/mol. The zero-order chi connectivity index (χ0) is 33.9. The van der Waals surface area contributed by atoms with Gasteiger partial charge in [0.25, 0.3) is 0 Å². The van der Waals surface area contributed by atoms with Crippen LogP contribution in [0, 0.1) is 0 Å². The van der Waals surface area contributed by atoms with Crippen LogP contribution >= 0.6 is 0 Å². The fourth-order valence-corrected chi connectivity index (χ4v) is 8.29. The maximum Gasteiger partial charge on any atom is 0.125 e. The number of benzene rings is 6. The average Bonchev–Trinajstić information content (AvgIpc) is 3.72. The van der Waals surface area contributed by atoms with Gasteiger partial charge >= 0.3 is 0 Å². The minimum absolute atomic E-state index is 0.0227. The van der Waals surface area contributed by atoms with E-state index in [9.17, 15) is 0 Å². The third-order valence-corrected chi connectivity index (χ3v) is 10.6. The van der Waals surface area contributed by atoms with E-state index >= 15 is 0 Å². The molecule has 2 aliphatic rings. The zero-order valence-electron chi connectivity index (χ0n) is 28.3. The van der Waals surface area contributed by atoms with Crippen molar-refractivity contribution in [2.24, 2.45) is 0 Å². The van der Waals surface area contributed by atoms with Crippen LogP contribution in [-0.4, -0.2) is 27.2 Å². The van der Waals surface area contributed by atoms with Crippen molar-refractivity contribution in [1.29, 1.82) is 0 Å². The van der Waals surface area contributed by atoms with E-state index in [2.05, 4.69) is 207 Å². The summed E-state index contributed by atoms with van der Waals surface area (Å²) in [5.74, 6) is 0. The van der Waals surface area contributed by atoms with Gasteiger partial charge in [-0.25, -0.2) is 0 Å². The summed E-state index contributed by atoms with van der Waals surface area (Å²) in [7, 11) is 2.20. The number of hydrogen-bond donors (Lipinski definition) is 3. The lowest BCUT2D eigenvalue weighted by atomic mass is 10.0. The summed E-state index contributed by atoms with van der Waals surface area (Å²) >= 11 is 0. The summed E-state index contributed by atoms with van der Waals surface area (Å²) in [5, 5.41) is 16.5. The van der Waals surface area contributed by atoms with Crippen LogP contribution in [-0.2, 0) is 0 Å². The summed E-state index contributed by atoms with van der Waals surface area (Å²) in [6.45, 7) is 0. The smallest absolute Gasteiger partial charge is 0.125 e. The van der Waals surface area contributed by atoms with Gasteiger partial charge in [0.2, 0.25) is 0 Å². The van der Waals surface area contributed by atoms with Crippen molar-refractivity contribution in [1.82, 2.24) is 30.0 Å². The lowest BCUT2D eigenvalue weighted by Gasteiger charge is -2.41. The molecule has 3 unspecified atom stereocenters. The Bertz CT molecular complexity index is 2550. The molecule has 6 heteroatoms. The van der Waals surface area contributed by atoms with Crippen molar-refractivity contribution in [2.45, 2.75) is 24.7 Å². The highest BCUT2D eigenvalue weighted by Gasteiger charge is 2.32. The number of fused-ring (bicyclic) bond motifs is 7. The summed E-state index contributed by atoms with van der Waals surface area (Å²) < 4.78 is 4.99. The standard InChI is InChI=1S/C45H38N6/c1-49-29-32(45-47-43(30-15-5-2-6-16-30)46-44(48-45)31-17-7-3-8-18-31)25-28-40(49)51-39-24-14-12-22-35(39)37-27-26-36-34-21-11-13-23-38(34)50(41(36)42(37)51)33-19-9-4-10-20-33/h2-29,40,43-48H,1H3. The lowest BCUT2D eigenvalue weighted by molar-refractivity contribution is 0.218. The topological polar surface area (TPSA) is 49.2 Å². The molecule has 3 N–H and O–H groups in total. The van der Waals surface area contributed by atoms with Gasteiger partial charge in [-0.3, -0.25) is 16.0 Å². The number of nitrogens with zero attached hydrogens (tertiary/aromatic N) is 3. The quantitative estimate of drug-likeness (QED) is 0.172. The minimum Gasteiger partial charge on any atom is -0.357 e. The molecule has 248 valence electrons. The first-order chi connectivity index (χ1) is 25.2. The van der Waals surface area contributed by atoms with E-state index in [4.69, 9.17) is 0 Å². The molecule has 3 atom stereocenters. The molecule has 2 aromatic heterocycles. The normalized spacial score (nSPS) is 20.8. The molecule has 51 heavy (non-hydrogen) atoms. The van der Waals surface area contributed by atoms with E-state index in [1.807, 2.05) is 0 Å². The lowest BCUT2D eigenvalue weighted by Crippen LogP contribution is -2.59. The molecule has 4 heterocycles. The molecule has 6 aromatic carbocycles. The largest absolute Gasteiger partial charge is 0.357 e. The van der Waals surface area contributed by atoms with Crippen LogP contribution in [0.15, 0.2) is 176 Å². The molecule has 2 aliphatic heterocycles. The van der Waals surface area contributed by atoms with Crippen molar-refractivity contribution < 1.29 is 0 Å². The number of rotatable bonds is 5. The van der Waals surface area contributed by atoms with Gasteiger partial charge in [0.05, 0.1) is 40.6 Å². The summed E-state index contributed by atoms with van der Waals surface area (Å²) in [6, 6.07) is 54.3. The molecule has 0 aliphatic carbocycles. The van der Waals surface area contributed by atoms with Gasteiger partial charge in [0, 0.05) is 40.5 Å². The van der Waals surface area contributed by atoms with Gasteiger partial charge in [-0.1, -0.05) is 133 Å². The van der Waals surface area contributed by atoms with Gasteiger partial charge in [-0.05, 0) is 47.0 Å². The second-order valence-corrected chi connectivity index (χ2v) is 13.6. The van der Waals surface area contributed by atoms with E-state index in [1.165, 1.54) is 60.3 Å². The number of para-hydroxylation sites is 3. The average molecular weight is 663 g/mol. The minimum atomic E-state index is -0.0771. The molecule has 0 bridgehead atoms. The molecule has 0 saturated carbocycles. The summed E-state index contributed by atoms with van der Waals surface area (Å²) in [5.41, 5.74) is 9.65. The van der Waals surface area contributed by atoms with Crippen molar-refractivity contribution in [2.75, 3.05) is 7.05 Å². The van der Waals surface area contributed by atoms with Gasteiger partial charge < -0.3 is 14.0 Å². The number of aromatic nitrogens is 2. The first-order valence-corrected chi connectivity index (χ1v) is 17.7. The summed E-state index contributed by atoms with van der Waals surface area (Å²) in [6.07, 6.45) is 6.80. The highest BCUT2D eigenvalue weighted by atomic mass is 15.4. The van der Waals surface area contributed by atoms with Crippen LogP contribution < -0.4 is 16.0 Å². The Labute approximate surface area is 296 Å². The number of hydrogen-bond acceptors (Lipinski definition) is 4. The molecule has 0 amide bonds. The van der Waals surface area contributed by atoms with Gasteiger partial charge in [-0.2, -0.15) is 0 Å². The van der Waals surface area contributed by atoms with Crippen molar-refractivity contribution in [3.63, 3.8) is 0 Å². The molecule has 6 nitrogen and oxygen atoms in total. The molecule has 0 radical (unpaired) electrons. The van der Waals surface area contributed by atoms with Crippen LogP contribution in [0.1, 0.15) is 29.6 Å². The Kier molecular flexibility index (Phi) is 7.13. The second kappa shape index (κ2) is 12.1. The third-order valence-electron chi connectivity index (χ3n) is 10.6. The predicted molar refractivity (Wildman–Crippen MR) is 209 cm³/mol. The molecular formula is C45H38N6. The van der Waals surface area contributed by atoms with E-state index in [0.29, 0.717) is 0 Å². The van der Waals surface area contributed by atoms with Gasteiger partial charge in [0.15, 0.2) is 0 Å². The van der Waals surface area contributed by atoms with E-state index in [1.54, 1.807) is 0 Å². The molecule has 1 fully saturated rings. The van der Waals surface area contributed by atoms with Gasteiger partial charge in [0.1, 0.15) is 6.17 Å². The molecule has 1 saturated heterocycles. The third kappa shape index (κ3) is 4.91. The van der Waals surface area contributed by atoms with Gasteiger partial charge in [-0.15, -0.1) is 0 Å².